The molecule has 2 nitrogen and oxygen atoms in total. The standard InChI is InChI=1S/C8H11ClN2/c1-6-3-4-8(10-11-9)7(2)5-6/h3-5,10-11H,1-2H3. The minimum atomic E-state index is 1.01. The molecule has 60 valence electrons. The van der Waals surface area contributed by atoms with E-state index in [1.165, 1.54) is 11.1 Å². The average Bonchev–Trinajstić information content (AvgIpc) is 1.95. The van der Waals surface area contributed by atoms with E-state index in [9.17, 15) is 0 Å². The summed E-state index contributed by atoms with van der Waals surface area (Å²) in [4.78, 5) is 2.37. The summed E-state index contributed by atoms with van der Waals surface area (Å²) in [6, 6.07) is 6.11. The lowest BCUT2D eigenvalue weighted by atomic mass is 10.1. The molecule has 0 aromatic heterocycles. The van der Waals surface area contributed by atoms with Gasteiger partial charge in [-0.05, 0) is 37.3 Å². The summed E-state index contributed by atoms with van der Waals surface area (Å²) in [5.74, 6) is 0. The Morgan fingerprint density at radius 3 is 2.55 bits per heavy atom. The summed E-state index contributed by atoms with van der Waals surface area (Å²) in [6.07, 6.45) is 0. The van der Waals surface area contributed by atoms with Gasteiger partial charge in [0.2, 0.25) is 0 Å². The predicted octanol–water partition coefficient (Wildman–Crippen LogP) is 2.37. The third kappa shape index (κ3) is 2.10. The minimum Gasteiger partial charge on any atom is -0.307 e. The lowest BCUT2D eigenvalue weighted by Crippen LogP contribution is -2.09. The molecule has 0 fully saturated rings. The number of rotatable bonds is 2. The summed E-state index contributed by atoms with van der Waals surface area (Å²) in [5, 5.41) is 0. The molecule has 0 unspecified atom stereocenters. The van der Waals surface area contributed by atoms with Crippen molar-refractivity contribution in [2.45, 2.75) is 13.8 Å². The molecule has 0 saturated carbocycles. The number of anilines is 1. The quantitative estimate of drug-likeness (QED) is 0.526. The number of aryl methyl sites for hydroxylation is 2. The second-order valence-electron chi connectivity index (χ2n) is 2.54. The van der Waals surface area contributed by atoms with Crippen LogP contribution in [0.2, 0.25) is 0 Å². The highest BCUT2D eigenvalue weighted by molar-refractivity contribution is 6.14. The van der Waals surface area contributed by atoms with Gasteiger partial charge in [0.05, 0.1) is 5.69 Å². The monoisotopic (exact) mass is 170 g/mol. The smallest absolute Gasteiger partial charge is 0.0529 e. The Kier molecular flexibility index (Phi) is 2.74. The highest BCUT2D eigenvalue weighted by Gasteiger charge is 1.94. The fraction of sp³-hybridized carbons (Fsp3) is 0.250. The Balaban J connectivity index is 2.90. The Bertz CT molecular complexity index is 248. The molecule has 0 radical (unpaired) electrons. The Morgan fingerprint density at radius 1 is 1.27 bits per heavy atom. The third-order valence-electron chi connectivity index (χ3n) is 1.56. The van der Waals surface area contributed by atoms with Gasteiger partial charge in [-0.2, -0.15) is 0 Å². The van der Waals surface area contributed by atoms with Gasteiger partial charge < -0.3 is 5.43 Å². The Labute approximate surface area is 71.6 Å². The van der Waals surface area contributed by atoms with Crippen molar-refractivity contribution in [2.75, 3.05) is 5.43 Å². The van der Waals surface area contributed by atoms with Crippen LogP contribution < -0.4 is 10.4 Å². The number of hydrogen-bond acceptors (Lipinski definition) is 2. The first-order chi connectivity index (χ1) is 5.24. The molecule has 3 heteroatoms. The van der Waals surface area contributed by atoms with Crippen LogP contribution in [0.25, 0.3) is 0 Å². The van der Waals surface area contributed by atoms with Crippen LogP contribution in [0.1, 0.15) is 11.1 Å². The molecule has 1 rings (SSSR count). The molecule has 0 heterocycles. The molecule has 0 bridgehead atoms. The normalized spacial score (nSPS) is 9.73. The van der Waals surface area contributed by atoms with Gasteiger partial charge in [0.15, 0.2) is 0 Å². The second kappa shape index (κ2) is 3.60. The fourth-order valence-electron chi connectivity index (χ4n) is 1.00. The van der Waals surface area contributed by atoms with Gasteiger partial charge in [-0.15, -0.1) is 4.94 Å². The predicted molar refractivity (Wildman–Crippen MR) is 48.5 cm³/mol. The van der Waals surface area contributed by atoms with Gasteiger partial charge in [-0.3, -0.25) is 0 Å². The highest BCUT2D eigenvalue weighted by Crippen LogP contribution is 2.14. The summed E-state index contributed by atoms with van der Waals surface area (Å²) in [7, 11) is 0. The van der Waals surface area contributed by atoms with Gasteiger partial charge in [0, 0.05) is 0 Å². The van der Waals surface area contributed by atoms with E-state index in [1.54, 1.807) is 0 Å². The number of hydrogen-bond donors (Lipinski definition) is 2. The van der Waals surface area contributed by atoms with E-state index in [2.05, 4.69) is 23.4 Å². The van der Waals surface area contributed by atoms with E-state index < -0.39 is 0 Å². The minimum absolute atomic E-state index is 1.01. The Morgan fingerprint density at radius 2 is 2.00 bits per heavy atom. The number of hydrazine groups is 1. The van der Waals surface area contributed by atoms with Crippen molar-refractivity contribution in [3.05, 3.63) is 29.3 Å². The van der Waals surface area contributed by atoms with E-state index in [-0.39, 0.29) is 0 Å². The lowest BCUT2D eigenvalue weighted by molar-refractivity contribution is 1.18. The molecule has 0 aliphatic carbocycles. The molecular weight excluding hydrogens is 160 g/mol. The third-order valence-corrected chi connectivity index (χ3v) is 1.66. The van der Waals surface area contributed by atoms with Gasteiger partial charge in [0.1, 0.15) is 0 Å². The molecule has 0 aliphatic heterocycles. The van der Waals surface area contributed by atoms with Crippen LogP contribution in [0.3, 0.4) is 0 Å². The largest absolute Gasteiger partial charge is 0.307 e. The van der Waals surface area contributed by atoms with Crippen LogP contribution in [0.15, 0.2) is 18.2 Å². The van der Waals surface area contributed by atoms with Crippen molar-refractivity contribution in [1.82, 2.24) is 4.94 Å². The van der Waals surface area contributed by atoms with Gasteiger partial charge >= 0.3 is 0 Å². The fourth-order valence-corrected chi connectivity index (χ4v) is 1.11. The molecule has 1 aromatic rings. The van der Waals surface area contributed by atoms with Crippen LogP contribution in [0.4, 0.5) is 5.69 Å². The van der Waals surface area contributed by atoms with E-state index >= 15 is 0 Å². The first kappa shape index (κ1) is 8.37. The lowest BCUT2D eigenvalue weighted by Gasteiger charge is -2.06. The molecule has 0 spiro atoms. The van der Waals surface area contributed by atoms with Crippen molar-refractivity contribution < 1.29 is 0 Å². The van der Waals surface area contributed by atoms with E-state index in [0.717, 1.165) is 5.69 Å². The van der Waals surface area contributed by atoms with Crippen LogP contribution >= 0.6 is 11.8 Å². The number of halogens is 1. The summed E-state index contributed by atoms with van der Waals surface area (Å²) >= 11 is 5.29. The van der Waals surface area contributed by atoms with Gasteiger partial charge in [-0.25, -0.2) is 0 Å². The zero-order valence-electron chi connectivity index (χ0n) is 6.61. The molecular formula is C8H11ClN2. The van der Waals surface area contributed by atoms with Gasteiger partial charge in [0.25, 0.3) is 0 Å². The maximum atomic E-state index is 5.29. The topological polar surface area (TPSA) is 24.1 Å². The van der Waals surface area contributed by atoms with Crippen molar-refractivity contribution in [3.63, 3.8) is 0 Å². The van der Waals surface area contributed by atoms with Crippen LogP contribution in [0.5, 0.6) is 0 Å². The van der Waals surface area contributed by atoms with Crippen LogP contribution in [0, 0.1) is 13.8 Å². The summed E-state index contributed by atoms with van der Waals surface area (Å²) in [6.45, 7) is 4.09. The summed E-state index contributed by atoms with van der Waals surface area (Å²) < 4.78 is 0. The van der Waals surface area contributed by atoms with E-state index in [4.69, 9.17) is 11.8 Å². The first-order valence-corrected chi connectivity index (χ1v) is 3.80. The van der Waals surface area contributed by atoms with Gasteiger partial charge in [-0.1, -0.05) is 17.7 Å². The molecule has 11 heavy (non-hydrogen) atoms. The van der Waals surface area contributed by atoms with Crippen LogP contribution in [-0.4, -0.2) is 0 Å². The number of nitrogens with one attached hydrogen (secondary N) is 2. The average molecular weight is 171 g/mol. The van der Waals surface area contributed by atoms with Crippen LogP contribution in [-0.2, 0) is 0 Å². The van der Waals surface area contributed by atoms with Crippen molar-refractivity contribution >= 4 is 17.5 Å². The summed E-state index contributed by atoms with van der Waals surface area (Å²) in [5.41, 5.74) is 6.25. The van der Waals surface area contributed by atoms with E-state index in [1.807, 2.05) is 19.1 Å². The molecule has 0 atom stereocenters. The molecule has 0 amide bonds. The van der Waals surface area contributed by atoms with Crippen molar-refractivity contribution in [3.8, 4) is 0 Å². The maximum absolute atomic E-state index is 5.29. The first-order valence-electron chi connectivity index (χ1n) is 3.43. The molecule has 0 aliphatic rings. The molecule has 0 saturated heterocycles. The molecule has 1 aromatic carbocycles. The second-order valence-corrected chi connectivity index (χ2v) is 2.73. The SMILES string of the molecule is Cc1ccc(NNCl)c(C)c1. The van der Waals surface area contributed by atoms with Crippen molar-refractivity contribution in [2.24, 2.45) is 0 Å². The molecule has 2 N–H and O–H groups in total. The zero-order valence-corrected chi connectivity index (χ0v) is 7.37. The maximum Gasteiger partial charge on any atom is 0.0529 e. The number of benzene rings is 1. The Hall–Kier alpha value is -0.730. The highest BCUT2D eigenvalue weighted by atomic mass is 35.5. The zero-order chi connectivity index (χ0) is 8.27. The van der Waals surface area contributed by atoms with Crippen molar-refractivity contribution in [1.29, 1.82) is 0 Å². The van der Waals surface area contributed by atoms with E-state index in [0.29, 0.717) is 0 Å².